The number of benzene rings is 1. The van der Waals surface area contributed by atoms with Gasteiger partial charge in [0, 0.05) is 11.1 Å². The van der Waals surface area contributed by atoms with Gasteiger partial charge in [-0.15, -0.1) is 12.4 Å². The molecule has 0 aromatic heterocycles. The minimum absolute atomic E-state index is 0. The van der Waals surface area contributed by atoms with E-state index >= 15 is 0 Å². The maximum atomic E-state index is 7.14. The molecule has 0 amide bonds. The van der Waals surface area contributed by atoms with Gasteiger partial charge in [-0.05, 0) is 6.07 Å². The lowest BCUT2D eigenvalue weighted by atomic mass is 10.1. The Morgan fingerprint density at radius 3 is 1.69 bits per heavy atom. The molecule has 0 heterocycles. The van der Waals surface area contributed by atoms with E-state index in [-0.39, 0.29) is 24.1 Å². The Morgan fingerprint density at radius 2 is 1.38 bits per heavy atom. The summed E-state index contributed by atoms with van der Waals surface area (Å²) in [6, 6.07) is 6.74. The molecule has 13 heavy (non-hydrogen) atoms. The zero-order valence-corrected chi connectivity index (χ0v) is 7.69. The monoisotopic (exact) mass is 198 g/mol. The van der Waals surface area contributed by atoms with Gasteiger partial charge < -0.3 is 11.5 Å². The minimum Gasteiger partial charge on any atom is -0.384 e. The van der Waals surface area contributed by atoms with Crippen LogP contribution in [0.1, 0.15) is 11.1 Å². The first-order valence-corrected chi connectivity index (χ1v) is 3.40. The van der Waals surface area contributed by atoms with Gasteiger partial charge in [0.2, 0.25) is 0 Å². The van der Waals surface area contributed by atoms with Crippen molar-refractivity contribution >= 4 is 24.1 Å². The van der Waals surface area contributed by atoms with Crippen molar-refractivity contribution < 1.29 is 0 Å². The van der Waals surface area contributed by atoms with Gasteiger partial charge in [-0.1, -0.05) is 18.2 Å². The number of amidine groups is 2. The zero-order valence-electron chi connectivity index (χ0n) is 6.87. The Hall–Kier alpha value is -1.55. The first kappa shape index (κ1) is 11.4. The maximum absolute atomic E-state index is 7.14. The highest BCUT2D eigenvalue weighted by Gasteiger charge is 1.99. The third kappa shape index (κ3) is 2.76. The molecule has 6 N–H and O–H groups in total. The molecule has 1 aromatic carbocycles. The second-order valence-corrected chi connectivity index (χ2v) is 2.41. The largest absolute Gasteiger partial charge is 0.384 e. The van der Waals surface area contributed by atoms with Crippen LogP contribution in [-0.4, -0.2) is 11.7 Å². The van der Waals surface area contributed by atoms with Crippen LogP contribution in [0, 0.1) is 10.8 Å². The van der Waals surface area contributed by atoms with Crippen molar-refractivity contribution in [2.75, 3.05) is 0 Å². The van der Waals surface area contributed by atoms with E-state index in [4.69, 9.17) is 22.3 Å². The van der Waals surface area contributed by atoms with Gasteiger partial charge >= 0.3 is 0 Å². The summed E-state index contributed by atoms with van der Waals surface area (Å²) in [5, 5.41) is 14.3. The second kappa shape index (κ2) is 4.47. The summed E-state index contributed by atoms with van der Waals surface area (Å²) in [4.78, 5) is 0. The molecular formula is C8H11ClN4. The third-order valence-corrected chi connectivity index (χ3v) is 1.48. The smallest absolute Gasteiger partial charge is 0.122 e. The summed E-state index contributed by atoms with van der Waals surface area (Å²) in [5.41, 5.74) is 11.7. The molecule has 0 unspecified atom stereocenters. The molecule has 0 aliphatic rings. The quantitative estimate of drug-likeness (QED) is 0.415. The van der Waals surface area contributed by atoms with Crippen LogP contribution in [-0.2, 0) is 0 Å². The van der Waals surface area contributed by atoms with Crippen molar-refractivity contribution in [2.45, 2.75) is 0 Å². The topological polar surface area (TPSA) is 99.7 Å². The van der Waals surface area contributed by atoms with E-state index in [0.717, 1.165) is 0 Å². The molecule has 5 heteroatoms. The van der Waals surface area contributed by atoms with E-state index in [9.17, 15) is 0 Å². The van der Waals surface area contributed by atoms with E-state index < -0.39 is 0 Å². The number of nitrogens with one attached hydrogen (secondary N) is 2. The van der Waals surface area contributed by atoms with E-state index in [1.165, 1.54) is 0 Å². The Kier molecular flexibility index (Phi) is 3.94. The molecule has 0 radical (unpaired) electrons. The van der Waals surface area contributed by atoms with Crippen molar-refractivity contribution in [3.63, 3.8) is 0 Å². The first-order valence-electron chi connectivity index (χ1n) is 3.40. The van der Waals surface area contributed by atoms with Crippen LogP contribution in [0.2, 0.25) is 0 Å². The zero-order chi connectivity index (χ0) is 9.14. The number of nitrogens with two attached hydrogens (primary N) is 2. The van der Waals surface area contributed by atoms with Gasteiger partial charge in [-0.3, -0.25) is 10.8 Å². The highest BCUT2D eigenvalue weighted by molar-refractivity contribution is 6.00. The normalized spacial score (nSPS) is 8.62. The molecule has 0 saturated heterocycles. The molecule has 0 saturated carbocycles. The van der Waals surface area contributed by atoms with Crippen LogP contribution in [0.5, 0.6) is 0 Å². The van der Waals surface area contributed by atoms with Crippen molar-refractivity contribution in [1.82, 2.24) is 0 Å². The maximum Gasteiger partial charge on any atom is 0.122 e. The molecule has 0 atom stereocenters. The van der Waals surface area contributed by atoms with Crippen LogP contribution in [0.25, 0.3) is 0 Å². The van der Waals surface area contributed by atoms with Crippen molar-refractivity contribution in [1.29, 1.82) is 10.8 Å². The molecule has 4 nitrogen and oxygen atoms in total. The summed E-state index contributed by atoms with van der Waals surface area (Å²) in [6.45, 7) is 0. The van der Waals surface area contributed by atoms with Crippen LogP contribution >= 0.6 is 12.4 Å². The van der Waals surface area contributed by atoms with E-state index in [0.29, 0.717) is 11.1 Å². The fourth-order valence-electron chi connectivity index (χ4n) is 0.854. The lowest BCUT2D eigenvalue weighted by molar-refractivity contribution is 1.39. The van der Waals surface area contributed by atoms with Gasteiger partial charge in [0.1, 0.15) is 11.7 Å². The van der Waals surface area contributed by atoms with Crippen LogP contribution in [0.15, 0.2) is 24.3 Å². The fourth-order valence-corrected chi connectivity index (χ4v) is 0.854. The molecule has 70 valence electrons. The van der Waals surface area contributed by atoms with Crippen LogP contribution in [0.4, 0.5) is 0 Å². The molecule has 1 aromatic rings. The number of rotatable bonds is 2. The number of halogens is 1. The Bertz CT molecular complexity index is 305. The van der Waals surface area contributed by atoms with Gasteiger partial charge in [0.25, 0.3) is 0 Å². The SMILES string of the molecule is Cl.N=C(N)c1cccc(C(=N)N)c1. The third-order valence-electron chi connectivity index (χ3n) is 1.48. The van der Waals surface area contributed by atoms with E-state index in [1.807, 2.05) is 0 Å². The van der Waals surface area contributed by atoms with Crippen LogP contribution in [0.3, 0.4) is 0 Å². The molecule has 0 aliphatic carbocycles. The number of hydrogen-bond donors (Lipinski definition) is 4. The van der Waals surface area contributed by atoms with Gasteiger partial charge in [0.15, 0.2) is 0 Å². The molecule has 0 aliphatic heterocycles. The summed E-state index contributed by atoms with van der Waals surface area (Å²) < 4.78 is 0. The van der Waals surface area contributed by atoms with Crippen LogP contribution < -0.4 is 11.5 Å². The average Bonchev–Trinajstić information content (AvgIpc) is 2.04. The fraction of sp³-hybridized carbons (Fsp3) is 0. The second-order valence-electron chi connectivity index (χ2n) is 2.41. The predicted octanol–water partition coefficient (Wildman–Crippen LogP) is 0.677. The highest BCUT2D eigenvalue weighted by Crippen LogP contribution is 2.03. The van der Waals surface area contributed by atoms with Crippen molar-refractivity contribution in [3.8, 4) is 0 Å². The van der Waals surface area contributed by atoms with Crippen molar-refractivity contribution in [2.24, 2.45) is 11.5 Å². The summed E-state index contributed by atoms with van der Waals surface area (Å²) in [7, 11) is 0. The van der Waals surface area contributed by atoms with Crippen molar-refractivity contribution in [3.05, 3.63) is 35.4 Å². The van der Waals surface area contributed by atoms with Gasteiger partial charge in [-0.25, -0.2) is 0 Å². The number of nitrogen functional groups attached to an aromatic ring is 2. The lowest BCUT2D eigenvalue weighted by Gasteiger charge is -2.00. The molecule has 0 fully saturated rings. The lowest BCUT2D eigenvalue weighted by Crippen LogP contribution is -2.15. The highest BCUT2D eigenvalue weighted by atomic mass is 35.5. The van der Waals surface area contributed by atoms with E-state index in [1.54, 1.807) is 24.3 Å². The Morgan fingerprint density at radius 1 is 1.00 bits per heavy atom. The molecule has 0 spiro atoms. The standard InChI is InChI=1S/C8H10N4.ClH/c9-7(10)5-2-1-3-6(4-5)8(11)12;/h1-4H,(H3,9,10)(H3,11,12);1H. The Labute approximate surface area is 82.4 Å². The average molecular weight is 199 g/mol. The van der Waals surface area contributed by atoms with Gasteiger partial charge in [0.05, 0.1) is 0 Å². The molecule has 1 rings (SSSR count). The van der Waals surface area contributed by atoms with E-state index in [2.05, 4.69) is 0 Å². The number of hydrogen-bond acceptors (Lipinski definition) is 2. The minimum atomic E-state index is -0.0156. The summed E-state index contributed by atoms with van der Waals surface area (Å²) in [5.74, 6) is -0.0313. The summed E-state index contributed by atoms with van der Waals surface area (Å²) in [6.07, 6.45) is 0. The predicted molar refractivity (Wildman–Crippen MR) is 55.7 cm³/mol. The summed E-state index contributed by atoms with van der Waals surface area (Å²) >= 11 is 0. The van der Waals surface area contributed by atoms with Gasteiger partial charge in [-0.2, -0.15) is 0 Å². The molecule has 0 bridgehead atoms. The molecular weight excluding hydrogens is 188 g/mol. The first-order chi connectivity index (χ1) is 5.61. The Balaban J connectivity index is 0.00000144.